The fourth-order valence-corrected chi connectivity index (χ4v) is 4.30. The van der Waals surface area contributed by atoms with Crippen LogP contribution < -0.4 is 16.4 Å². The molecule has 3 amide bonds. The Balaban J connectivity index is 1.63. The minimum Gasteiger partial charge on any atom is -0.480 e. The number of aromatic nitrogens is 1. The van der Waals surface area contributed by atoms with Crippen LogP contribution in [0.5, 0.6) is 0 Å². The highest BCUT2D eigenvalue weighted by Crippen LogP contribution is 2.20. The number of nitrogens with two attached hydrogens (primary N) is 1. The van der Waals surface area contributed by atoms with Crippen molar-refractivity contribution < 1.29 is 29.4 Å². The zero-order valence-corrected chi connectivity index (χ0v) is 19.3. The van der Waals surface area contributed by atoms with Crippen molar-refractivity contribution in [3.8, 4) is 0 Å². The van der Waals surface area contributed by atoms with E-state index in [1.807, 2.05) is 24.3 Å². The number of aliphatic hydroxyl groups excluding tert-OH is 1. The van der Waals surface area contributed by atoms with Crippen molar-refractivity contribution in [3.63, 3.8) is 0 Å². The lowest BCUT2D eigenvalue weighted by molar-refractivity contribution is -0.145. The Labute approximate surface area is 201 Å². The van der Waals surface area contributed by atoms with E-state index in [0.29, 0.717) is 12.8 Å². The van der Waals surface area contributed by atoms with Gasteiger partial charge in [-0.25, -0.2) is 4.79 Å². The average Bonchev–Trinajstić information content (AvgIpc) is 3.47. The summed E-state index contributed by atoms with van der Waals surface area (Å²) in [5.41, 5.74) is 7.91. The number of benzene rings is 1. The lowest BCUT2D eigenvalue weighted by Gasteiger charge is -2.29. The molecule has 0 saturated carbocycles. The van der Waals surface area contributed by atoms with Crippen molar-refractivity contribution >= 4 is 47.2 Å². The van der Waals surface area contributed by atoms with Gasteiger partial charge in [0.15, 0.2) is 0 Å². The topological polar surface area (TPSA) is 178 Å². The molecule has 34 heavy (non-hydrogen) atoms. The number of fused-ring (bicyclic) bond motifs is 1. The van der Waals surface area contributed by atoms with Gasteiger partial charge in [0, 0.05) is 29.4 Å². The Morgan fingerprint density at radius 3 is 2.62 bits per heavy atom. The van der Waals surface area contributed by atoms with E-state index < -0.39 is 54.5 Å². The number of likely N-dealkylation sites (tertiary alicyclic amines) is 1. The first-order valence-electron chi connectivity index (χ1n) is 10.9. The molecule has 4 atom stereocenters. The first-order chi connectivity index (χ1) is 16.3. The van der Waals surface area contributed by atoms with Crippen LogP contribution in [0, 0.1) is 0 Å². The monoisotopic (exact) mass is 491 g/mol. The van der Waals surface area contributed by atoms with E-state index in [2.05, 4.69) is 28.2 Å². The number of aliphatic hydroxyl groups is 1. The van der Waals surface area contributed by atoms with Gasteiger partial charge in [0.25, 0.3) is 0 Å². The third-order valence-electron chi connectivity index (χ3n) is 5.88. The maximum Gasteiger partial charge on any atom is 0.328 e. The molecule has 0 aliphatic carbocycles. The van der Waals surface area contributed by atoms with Crippen LogP contribution in [0.2, 0.25) is 0 Å². The minimum atomic E-state index is -1.46. The highest BCUT2D eigenvalue weighted by molar-refractivity contribution is 7.80. The number of aromatic amines is 1. The summed E-state index contributed by atoms with van der Waals surface area (Å²) in [5.74, 6) is -3.09. The van der Waals surface area contributed by atoms with Crippen molar-refractivity contribution in [2.75, 3.05) is 18.9 Å². The Kier molecular flexibility index (Phi) is 8.53. The number of amides is 3. The van der Waals surface area contributed by atoms with Crippen molar-refractivity contribution in [2.45, 2.75) is 43.4 Å². The molecule has 3 rings (SSSR count). The van der Waals surface area contributed by atoms with Gasteiger partial charge in [-0.2, -0.15) is 12.6 Å². The molecule has 0 spiro atoms. The van der Waals surface area contributed by atoms with E-state index in [4.69, 9.17) is 15.9 Å². The highest BCUT2D eigenvalue weighted by atomic mass is 32.1. The normalized spacial score (nSPS) is 18.3. The molecule has 1 aromatic heterocycles. The largest absolute Gasteiger partial charge is 0.480 e. The number of para-hydroxylation sites is 1. The zero-order valence-electron chi connectivity index (χ0n) is 18.4. The van der Waals surface area contributed by atoms with E-state index in [-0.39, 0.29) is 18.7 Å². The molecule has 1 aliphatic rings. The molecule has 2 aromatic rings. The summed E-state index contributed by atoms with van der Waals surface area (Å²) >= 11 is 4.19. The number of thiol groups is 1. The second kappa shape index (κ2) is 11.4. The van der Waals surface area contributed by atoms with Gasteiger partial charge in [0.2, 0.25) is 17.7 Å². The van der Waals surface area contributed by atoms with Gasteiger partial charge in [0.1, 0.15) is 18.1 Å². The summed E-state index contributed by atoms with van der Waals surface area (Å²) in [7, 11) is 0. The van der Waals surface area contributed by atoms with Gasteiger partial charge in [-0.05, 0) is 30.9 Å². The summed E-state index contributed by atoms with van der Waals surface area (Å²) in [6.45, 7) is -0.499. The summed E-state index contributed by atoms with van der Waals surface area (Å²) < 4.78 is 0. The number of nitrogens with one attached hydrogen (secondary N) is 3. The number of hydrogen-bond donors (Lipinski definition) is 7. The second-order valence-corrected chi connectivity index (χ2v) is 8.55. The number of H-pyrrole nitrogens is 1. The quantitative estimate of drug-likeness (QED) is 0.208. The van der Waals surface area contributed by atoms with Crippen molar-refractivity contribution in [2.24, 2.45) is 5.73 Å². The smallest absolute Gasteiger partial charge is 0.328 e. The van der Waals surface area contributed by atoms with Crippen LogP contribution in [0.25, 0.3) is 10.9 Å². The summed E-state index contributed by atoms with van der Waals surface area (Å²) in [6.07, 6.45) is 2.93. The Morgan fingerprint density at radius 2 is 1.94 bits per heavy atom. The van der Waals surface area contributed by atoms with Crippen LogP contribution in [-0.2, 0) is 25.6 Å². The standard InChI is InChI=1S/C22H29N5O6S/c23-14(8-12-9-24-15-5-2-1-4-13(12)15)19(29)26-17(11-34)21(31)27-7-3-6-18(27)20(30)25-16(10-28)22(32)33/h1-2,4-5,9,14,16-18,24,28,34H,3,6-8,10-11,23H2,(H,25,30)(H,26,29)(H,32,33). The molecular weight excluding hydrogens is 462 g/mol. The van der Waals surface area contributed by atoms with Crippen LogP contribution in [0.3, 0.4) is 0 Å². The fraction of sp³-hybridized carbons (Fsp3) is 0.455. The average molecular weight is 492 g/mol. The number of carbonyl (C=O) groups excluding carboxylic acids is 3. The Morgan fingerprint density at radius 1 is 1.21 bits per heavy atom. The molecule has 2 heterocycles. The van der Waals surface area contributed by atoms with Gasteiger partial charge in [-0.15, -0.1) is 0 Å². The molecule has 0 bridgehead atoms. The number of aliphatic carboxylic acids is 1. The van der Waals surface area contributed by atoms with E-state index in [1.165, 1.54) is 4.90 Å². The van der Waals surface area contributed by atoms with Crippen LogP contribution in [-0.4, -0.2) is 86.9 Å². The molecule has 12 heteroatoms. The third-order valence-corrected chi connectivity index (χ3v) is 6.25. The molecule has 184 valence electrons. The summed E-state index contributed by atoms with van der Waals surface area (Å²) in [5, 5.41) is 24.0. The van der Waals surface area contributed by atoms with E-state index in [1.54, 1.807) is 6.20 Å². The van der Waals surface area contributed by atoms with Crippen LogP contribution in [0.4, 0.5) is 0 Å². The van der Waals surface area contributed by atoms with Crippen molar-refractivity contribution in [1.29, 1.82) is 0 Å². The third kappa shape index (κ3) is 5.69. The molecule has 4 unspecified atom stereocenters. The van der Waals surface area contributed by atoms with E-state index in [0.717, 1.165) is 16.5 Å². The van der Waals surface area contributed by atoms with Crippen molar-refractivity contribution in [1.82, 2.24) is 20.5 Å². The van der Waals surface area contributed by atoms with Crippen LogP contribution in [0.1, 0.15) is 18.4 Å². The molecule has 1 fully saturated rings. The van der Waals surface area contributed by atoms with Gasteiger partial charge in [-0.1, -0.05) is 18.2 Å². The Hall–Kier alpha value is -3.09. The number of carboxylic acid groups (broad SMARTS) is 1. The lowest BCUT2D eigenvalue weighted by Crippen LogP contribution is -2.57. The van der Waals surface area contributed by atoms with Crippen molar-refractivity contribution in [3.05, 3.63) is 36.0 Å². The minimum absolute atomic E-state index is 0.0103. The SMILES string of the molecule is NC(Cc1c[nH]c2ccccc12)C(=O)NC(CS)C(=O)N1CCCC1C(=O)NC(CO)C(=O)O. The maximum atomic E-state index is 13.1. The first kappa shape index (κ1) is 25.5. The predicted molar refractivity (Wildman–Crippen MR) is 127 cm³/mol. The highest BCUT2D eigenvalue weighted by Gasteiger charge is 2.38. The molecule has 7 N–H and O–H groups in total. The van der Waals surface area contributed by atoms with Crippen LogP contribution in [0.15, 0.2) is 30.5 Å². The molecular formula is C22H29N5O6S. The molecule has 0 radical (unpaired) electrons. The maximum absolute atomic E-state index is 13.1. The molecule has 1 saturated heterocycles. The zero-order chi connectivity index (χ0) is 24.8. The second-order valence-electron chi connectivity index (χ2n) is 8.19. The van der Waals surface area contributed by atoms with Gasteiger partial charge in [-0.3, -0.25) is 14.4 Å². The Bertz CT molecular complexity index is 1060. The van der Waals surface area contributed by atoms with Gasteiger partial charge in [0.05, 0.1) is 12.6 Å². The molecule has 1 aliphatic heterocycles. The van der Waals surface area contributed by atoms with Gasteiger partial charge < -0.3 is 36.5 Å². The fourth-order valence-electron chi connectivity index (χ4n) is 4.05. The first-order valence-corrected chi connectivity index (χ1v) is 11.6. The van der Waals surface area contributed by atoms with Gasteiger partial charge >= 0.3 is 5.97 Å². The van der Waals surface area contributed by atoms with E-state index in [9.17, 15) is 19.2 Å². The van der Waals surface area contributed by atoms with E-state index >= 15 is 0 Å². The number of carbonyl (C=O) groups is 4. The lowest BCUT2D eigenvalue weighted by atomic mass is 10.0. The summed E-state index contributed by atoms with van der Waals surface area (Å²) in [4.78, 5) is 53.9. The number of rotatable bonds is 10. The predicted octanol–water partition coefficient (Wildman–Crippen LogP) is -0.995. The molecule has 1 aromatic carbocycles. The number of hydrogen-bond acceptors (Lipinski definition) is 7. The number of nitrogens with zero attached hydrogens (tertiary/aromatic N) is 1. The molecule has 11 nitrogen and oxygen atoms in total. The summed E-state index contributed by atoms with van der Waals surface area (Å²) in [6, 6.07) is 3.35. The van der Waals surface area contributed by atoms with Crippen LogP contribution >= 0.6 is 12.6 Å². The number of carboxylic acids is 1.